The third kappa shape index (κ3) is 8.89. The predicted octanol–water partition coefficient (Wildman–Crippen LogP) is 6.87. The van der Waals surface area contributed by atoms with Gasteiger partial charge in [0.25, 0.3) is 0 Å². The normalized spacial score (nSPS) is 19.2. The average Bonchev–Trinajstić information content (AvgIpc) is 3.39. The summed E-state index contributed by atoms with van der Waals surface area (Å²) in [5.74, 6) is 0.997. The first-order valence-corrected chi connectivity index (χ1v) is 10.7. The summed E-state index contributed by atoms with van der Waals surface area (Å²) in [4.78, 5) is 0. The van der Waals surface area contributed by atoms with Crippen LogP contribution in [0.25, 0.3) is 0 Å². The first-order chi connectivity index (χ1) is 12.7. The van der Waals surface area contributed by atoms with E-state index < -0.39 is 0 Å². The van der Waals surface area contributed by atoms with Gasteiger partial charge in [0.05, 0.1) is 6.61 Å². The molecular formula is C24H38O2. The molecule has 2 heteroatoms. The van der Waals surface area contributed by atoms with Crippen molar-refractivity contribution in [1.82, 2.24) is 0 Å². The molecule has 0 radical (unpaired) electrons. The van der Waals surface area contributed by atoms with Gasteiger partial charge in [0.2, 0.25) is 0 Å². The molecule has 0 saturated carbocycles. The second kappa shape index (κ2) is 12.2. The largest absolute Gasteiger partial charge is 0.490 e. The van der Waals surface area contributed by atoms with Gasteiger partial charge in [-0.2, -0.15) is 0 Å². The van der Waals surface area contributed by atoms with Crippen molar-refractivity contribution < 1.29 is 9.47 Å². The third-order valence-electron chi connectivity index (χ3n) is 5.12. The molecule has 1 saturated heterocycles. The van der Waals surface area contributed by atoms with Crippen LogP contribution in [0.3, 0.4) is 0 Å². The minimum Gasteiger partial charge on any atom is -0.490 e. The summed E-state index contributed by atoms with van der Waals surface area (Å²) >= 11 is 0. The first kappa shape index (κ1) is 21.0. The number of rotatable bonds is 15. The maximum atomic E-state index is 5.96. The molecule has 0 spiro atoms. The van der Waals surface area contributed by atoms with E-state index >= 15 is 0 Å². The number of allylic oxidation sites excluding steroid dienone is 2. The van der Waals surface area contributed by atoms with E-state index in [1.54, 1.807) is 0 Å². The molecule has 0 N–H and O–H groups in total. The number of epoxide rings is 1. The minimum absolute atomic E-state index is 0.0566. The van der Waals surface area contributed by atoms with Gasteiger partial charge in [-0.05, 0) is 37.8 Å². The molecule has 1 aliphatic heterocycles. The monoisotopic (exact) mass is 358 g/mol. The third-order valence-corrected chi connectivity index (χ3v) is 5.12. The molecule has 2 nitrogen and oxygen atoms in total. The molecule has 2 rings (SSSR count). The Kier molecular flexibility index (Phi) is 9.84. The van der Waals surface area contributed by atoms with Crippen molar-refractivity contribution in [1.29, 1.82) is 0 Å². The average molecular weight is 359 g/mol. The van der Waals surface area contributed by atoms with Crippen LogP contribution in [-0.4, -0.2) is 18.8 Å². The Morgan fingerprint density at radius 2 is 1.62 bits per heavy atom. The van der Waals surface area contributed by atoms with Gasteiger partial charge in [-0.1, -0.05) is 88.6 Å². The molecule has 1 atom stereocenters. The van der Waals surface area contributed by atoms with Gasteiger partial charge in [0, 0.05) is 0 Å². The number of hydrogen-bond donors (Lipinski definition) is 0. The molecule has 1 aromatic carbocycles. The lowest BCUT2D eigenvalue weighted by Crippen LogP contribution is -2.17. The molecule has 1 aliphatic rings. The van der Waals surface area contributed by atoms with E-state index in [-0.39, 0.29) is 5.60 Å². The Hall–Kier alpha value is -1.28. The Balaban J connectivity index is 1.53. The van der Waals surface area contributed by atoms with Crippen LogP contribution in [0.1, 0.15) is 83.6 Å². The molecule has 0 amide bonds. The van der Waals surface area contributed by atoms with E-state index in [0.717, 1.165) is 18.8 Å². The van der Waals surface area contributed by atoms with Crippen molar-refractivity contribution in [3.8, 4) is 5.75 Å². The van der Waals surface area contributed by atoms with E-state index in [1.807, 2.05) is 6.07 Å². The lowest BCUT2D eigenvalue weighted by atomic mass is 10.1. The fraction of sp³-hybridized carbons (Fsp3) is 0.667. The summed E-state index contributed by atoms with van der Waals surface area (Å²) in [5.41, 5.74) is 1.21. The maximum Gasteiger partial charge on any atom is 0.123 e. The summed E-state index contributed by atoms with van der Waals surface area (Å²) in [7, 11) is 0. The molecule has 146 valence electrons. The number of para-hydroxylation sites is 1. The van der Waals surface area contributed by atoms with Gasteiger partial charge in [0.15, 0.2) is 0 Å². The molecule has 1 aromatic rings. The van der Waals surface area contributed by atoms with Crippen LogP contribution in [0.15, 0.2) is 36.4 Å². The second-order valence-corrected chi connectivity index (χ2v) is 7.93. The van der Waals surface area contributed by atoms with Crippen LogP contribution in [0.5, 0.6) is 5.75 Å². The Morgan fingerprint density at radius 1 is 0.962 bits per heavy atom. The van der Waals surface area contributed by atoms with Crippen LogP contribution < -0.4 is 4.74 Å². The zero-order chi connectivity index (χ0) is 18.5. The van der Waals surface area contributed by atoms with E-state index in [4.69, 9.17) is 9.47 Å². The summed E-state index contributed by atoms with van der Waals surface area (Å²) in [6, 6.07) is 8.36. The maximum absolute atomic E-state index is 5.96. The Labute approximate surface area is 161 Å². The molecule has 0 bridgehead atoms. The summed E-state index contributed by atoms with van der Waals surface area (Å²) < 4.78 is 11.4. The first-order valence-electron chi connectivity index (χ1n) is 10.7. The SMILES string of the molecule is CCCCCCCCCCC/C=C/Cc1ccccc1OCC1(C)CO1. The highest BCUT2D eigenvalue weighted by Gasteiger charge is 2.40. The second-order valence-electron chi connectivity index (χ2n) is 7.93. The fourth-order valence-electron chi connectivity index (χ4n) is 3.15. The molecule has 26 heavy (non-hydrogen) atoms. The van der Waals surface area contributed by atoms with Crippen LogP contribution in [0.4, 0.5) is 0 Å². The molecular weight excluding hydrogens is 320 g/mol. The number of benzene rings is 1. The zero-order valence-electron chi connectivity index (χ0n) is 17.0. The van der Waals surface area contributed by atoms with Gasteiger partial charge in [0.1, 0.15) is 18.0 Å². The highest BCUT2D eigenvalue weighted by Crippen LogP contribution is 2.28. The molecule has 1 fully saturated rings. The summed E-state index contributed by atoms with van der Waals surface area (Å²) in [6.45, 7) is 5.84. The quantitative estimate of drug-likeness (QED) is 0.194. The van der Waals surface area contributed by atoms with Crippen LogP contribution in [0.2, 0.25) is 0 Å². The van der Waals surface area contributed by atoms with Crippen molar-refractivity contribution in [3.05, 3.63) is 42.0 Å². The minimum atomic E-state index is -0.0566. The molecule has 0 aromatic heterocycles. The predicted molar refractivity (Wildman–Crippen MR) is 111 cm³/mol. The number of unbranched alkanes of at least 4 members (excludes halogenated alkanes) is 9. The van der Waals surface area contributed by atoms with E-state index in [0.29, 0.717) is 6.61 Å². The van der Waals surface area contributed by atoms with Crippen LogP contribution >= 0.6 is 0 Å². The van der Waals surface area contributed by atoms with Crippen molar-refractivity contribution in [3.63, 3.8) is 0 Å². The lowest BCUT2D eigenvalue weighted by Gasteiger charge is -2.12. The molecule has 0 aliphatic carbocycles. The van der Waals surface area contributed by atoms with E-state index in [9.17, 15) is 0 Å². The Morgan fingerprint density at radius 3 is 2.31 bits per heavy atom. The van der Waals surface area contributed by atoms with Gasteiger partial charge in [-0.3, -0.25) is 0 Å². The van der Waals surface area contributed by atoms with E-state index in [2.05, 4.69) is 44.2 Å². The molecule has 1 heterocycles. The van der Waals surface area contributed by atoms with Crippen LogP contribution in [-0.2, 0) is 11.2 Å². The van der Waals surface area contributed by atoms with E-state index in [1.165, 1.54) is 69.8 Å². The summed E-state index contributed by atoms with van der Waals surface area (Å²) in [6.07, 6.45) is 19.3. The Bertz CT molecular complexity index is 517. The summed E-state index contributed by atoms with van der Waals surface area (Å²) in [5, 5.41) is 0. The van der Waals surface area contributed by atoms with Gasteiger partial charge in [-0.25, -0.2) is 0 Å². The standard InChI is InChI=1S/C24H38O2/c1-3-4-5-6-7-8-9-10-11-12-13-14-17-22-18-15-16-19-23(22)25-20-24(2)21-26-24/h13-16,18-19H,3-12,17,20-21H2,1-2H3/b14-13+. The van der Waals surface area contributed by atoms with Gasteiger partial charge in [-0.15, -0.1) is 0 Å². The molecule has 1 unspecified atom stereocenters. The van der Waals surface area contributed by atoms with Crippen LogP contribution in [0, 0.1) is 0 Å². The smallest absolute Gasteiger partial charge is 0.123 e. The van der Waals surface area contributed by atoms with Gasteiger partial charge >= 0.3 is 0 Å². The van der Waals surface area contributed by atoms with Crippen molar-refractivity contribution in [2.75, 3.05) is 13.2 Å². The number of ether oxygens (including phenoxy) is 2. The zero-order valence-corrected chi connectivity index (χ0v) is 17.0. The lowest BCUT2D eigenvalue weighted by molar-refractivity contribution is 0.201. The fourth-order valence-corrected chi connectivity index (χ4v) is 3.15. The van der Waals surface area contributed by atoms with Gasteiger partial charge < -0.3 is 9.47 Å². The van der Waals surface area contributed by atoms with Crippen molar-refractivity contribution >= 4 is 0 Å². The number of hydrogen-bond acceptors (Lipinski definition) is 2. The van der Waals surface area contributed by atoms with Crippen molar-refractivity contribution in [2.45, 2.75) is 90.1 Å². The topological polar surface area (TPSA) is 21.8 Å². The highest BCUT2D eigenvalue weighted by atomic mass is 16.6. The van der Waals surface area contributed by atoms with Crippen molar-refractivity contribution in [2.24, 2.45) is 0 Å². The highest BCUT2D eigenvalue weighted by molar-refractivity contribution is 5.35.